The molecule has 2 heterocycles. The molecule has 2 fully saturated rings. The van der Waals surface area contributed by atoms with Gasteiger partial charge in [-0.2, -0.15) is 0 Å². The van der Waals surface area contributed by atoms with Crippen molar-refractivity contribution in [2.75, 3.05) is 26.4 Å². The Bertz CT molecular complexity index is 1530. The Balaban J connectivity index is 1.85. The van der Waals surface area contributed by atoms with Gasteiger partial charge in [-0.25, -0.2) is 0 Å². The zero-order valence-corrected chi connectivity index (χ0v) is 39.8. The van der Waals surface area contributed by atoms with Crippen LogP contribution in [0.3, 0.4) is 0 Å². The molecule has 0 aromatic rings. The molecule has 0 saturated carbocycles. The molecule has 0 bridgehead atoms. The molecule has 0 spiro atoms. The molecule has 11 atom stereocenters. The molecular formula is C52H82O15. The van der Waals surface area contributed by atoms with E-state index in [2.05, 4.69) is 44.2 Å². The number of carbonyl (C=O) groups is 2. The molecular weight excluding hydrogens is 865 g/mol. The van der Waals surface area contributed by atoms with Crippen molar-refractivity contribution < 1.29 is 73.8 Å². The highest BCUT2D eigenvalue weighted by molar-refractivity contribution is 5.70. The number of aliphatic hydroxyl groups is 7. The summed E-state index contributed by atoms with van der Waals surface area (Å²) in [5, 5.41) is 72.0. The lowest BCUT2D eigenvalue weighted by Gasteiger charge is -2.42. The summed E-state index contributed by atoms with van der Waals surface area (Å²) in [5.41, 5.74) is 0. The van der Waals surface area contributed by atoms with E-state index in [0.29, 0.717) is 12.8 Å². The zero-order valence-electron chi connectivity index (χ0n) is 39.8. The van der Waals surface area contributed by atoms with E-state index in [1.165, 1.54) is 0 Å². The summed E-state index contributed by atoms with van der Waals surface area (Å²) in [6.07, 6.45) is 30.0. The average molecular weight is 947 g/mol. The van der Waals surface area contributed by atoms with Gasteiger partial charge in [-0.05, 0) is 51.4 Å². The van der Waals surface area contributed by atoms with Crippen LogP contribution in [0.4, 0.5) is 0 Å². The first-order chi connectivity index (χ1) is 32.5. The summed E-state index contributed by atoms with van der Waals surface area (Å²) < 4.78 is 33.5. The minimum Gasteiger partial charge on any atom is -0.462 e. The number of rotatable bonds is 35. The van der Waals surface area contributed by atoms with E-state index in [0.717, 1.165) is 83.5 Å². The molecule has 0 aliphatic carbocycles. The lowest BCUT2D eigenvalue weighted by Crippen LogP contribution is -2.61. The van der Waals surface area contributed by atoms with Crippen LogP contribution in [-0.4, -0.2) is 142 Å². The second-order valence-corrected chi connectivity index (χ2v) is 16.7. The number of unbranched alkanes of at least 4 members (excludes halogenated alkanes) is 11. The highest BCUT2D eigenvalue weighted by atomic mass is 16.7. The first-order valence-electron chi connectivity index (χ1n) is 24.4. The third kappa shape index (κ3) is 26.7. The van der Waals surface area contributed by atoms with Gasteiger partial charge in [0.25, 0.3) is 0 Å². The number of aliphatic hydroxyl groups excluding tert-OH is 7. The van der Waals surface area contributed by atoms with Gasteiger partial charge in [0, 0.05) is 12.8 Å². The second-order valence-electron chi connectivity index (χ2n) is 16.7. The van der Waals surface area contributed by atoms with E-state index in [-0.39, 0.29) is 19.4 Å². The first-order valence-corrected chi connectivity index (χ1v) is 24.4. The maximum Gasteiger partial charge on any atom is 0.306 e. The van der Waals surface area contributed by atoms with E-state index in [1.54, 1.807) is 0 Å². The SMILES string of the molecule is CC/C=C/C=C/C=C/CCCCCCCC(=O)OC(COC(=O)CCCCCCC/C=C/C=C/C=C/C=C/C=C/CCC)CO[C@@H]1O[C@H](CO[C@@H]2O[C@H](CO)[C@H](O)C(O)C2O)[C@H](O)C(O)C1O. The monoisotopic (exact) mass is 947 g/mol. The second kappa shape index (κ2) is 38.3. The molecule has 15 nitrogen and oxygen atoms in total. The topological polar surface area (TPSA) is 231 Å². The van der Waals surface area contributed by atoms with Gasteiger partial charge in [0.05, 0.1) is 19.8 Å². The predicted molar refractivity (Wildman–Crippen MR) is 256 cm³/mol. The molecule has 2 rings (SSSR count). The fourth-order valence-corrected chi connectivity index (χ4v) is 6.95. The van der Waals surface area contributed by atoms with Gasteiger partial charge in [-0.1, -0.05) is 156 Å². The van der Waals surface area contributed by atoms with Crippen molar-refractivity contribution in [2.24, 2.45) is 0 Å². The molecule has 0 amide bonds. The molecule has 2 aliphatic heterocycles. The number of allylic oxidation sites excluding steroid dienone is 16. The highest BCUT2D eigenvalue weighted by Gasteiger charge is 2.47. The maximum absolute atomic E-state index is 13.0. The lowest BCUT2D eigenvalue weighted by atomic mass is 9.98. The van der Waals surface area contributed by atoms with Gasteiger partial charge < -0.3 is 64.2 Å². The first kappa shape index (κ1) is 59.5. The smallest absolute Gasteiger partial charge is 0.306 e. The van der Waals surface area contributed by atoms with Crippen molar-refractivity contribution in [1.82, 2.24) is 0 Å². The third-order valence-electron chi connectivity index (χ3n) is 11.0. The molecule has 67 heavy (non-hydrogen) atoms. The largest absolute Gasteiger partial charge is 0.462 e. The zero-order chi connectivity index (χ0) is 48.9. The summed E-state index contributed by atoms with van der Waals surface area (Å²) in [7, 11) is 0. The Morgan fingerprint density at radius 3 is 1.48 bits per heavy atom. The number of esters is 2. The minimum atomic E-state index is -1.78. The normalized spacial score (nSPS) is 26.8. The molecule has 0 aromatic heterocycles. The average Bonchev–Trinajstić information content (AvgIpc) is 3.32. The number of ether oxygens (including phenoxy) is 6. The molecule has 380 valence electrons. The summed E-state index contributed by atoms with van der Waals surface area (Å²) in [6.45, 7) is 2.28. The van der Waals surface area contributed by atoms with E-state index in [4.69, 9.17) is 28.4 Å². The fraction of sp³-hybridized carbons (Fsp3) is 0.654. The van der Waals surface area contributed by atoms with Crippen LogP contribution in [-0.2, 0) is 38.0 Å². The summed E-state index contributed by atoms with van der Waals surface area (Å²) >= 11 is 0. The van der Waals surface area contributed by atoms with E-state index < -0.39 is 99.3 Å². The molecule has 0 aromatic carbocycles. The number of hydrogen-bond acceptors (Lipinski definition) is 15. The van der Waals surface area contributed by atoms with E-state index in [1.807, 2.05) is 66.8 Å². The van der Waals surface area contributed by atoms with E-state index >= 15 is 0 Å². The highest BCUT2D eigenvalue weighted by Crippen LogP contribution is 2.26. The number of hydrogen-bond donors (Lipinski definition) is 7. The van der Waals surface area contributed by atoms with Crippen LogP contribution in [0.2, 0.25) is 0 Å². The van der Waals surface area contributed by atoms with Gasteiger partial charge in [-0.15, -0.1) is 0 Å². The van der Waals surface area contributed by atoms with Gasteiger partial charge in [0.1, 0.15) is 55.4 Å². The molecule has 5 unspecified atom stereocenters. The summed E-state index contributed by atoms with van der Waals surface area (Å²) in [5.74, 6) is -0.991. The number of carbonyl (C=O) groups excluding carboxylic acids is 2. The molecule has 2 saturated heterocycles. The van der Waals surface area contributed by atoms with Crippen molar-refractivity contribution >= 4 is 11.9 Å². The Morgan fingerprint density at radius 2 is 0.940 bits per heavy atom. The summed E-state index contributed by atoms with van der Waals surface area (Å²) in [4.78, 5) is 25.7. The van der Waals surface area contributed by atoms with Crippen LogP contribution in [0.15, 0.2) is 97.2 Å². The molecule has 7 N–H and O–H groups in total. The van der Waals surface area contributed by atoms with Gasteiger partial charge >= 0.3 is 11.9 Å². The van der Waals surface area contributed by atoms with Crippen molar-refractivity contribution in [3.8, 4) is 0 Å². The van der Waals surface area contributed by atoms with Gasteiger partial charge in [-0.3, -0.25) is 9.59 Å². The van der Waals surface area contributed by atoms with Crippen LogP contribution in [0.1, 0.15) is 123 Å². The lowest BCUT2D eigenvalue weighted by molar-refractivity contribution is -0.332. The Kier molecular flexibility index (Phi) is 34.0. The summed E-state index contributed by atoms with van der Waals surface area (Å²) in [6, 6.07) is 0. The Hall–Kier alpha value is -3.58. The molecule has 2 aliphatic rings. The fourth-order valence-electron chi connectivity index (χ4n) is 6.95. The molecule has 15 heteroatoms. The maximum atomic E-state index is 13.0. The van der Waals surface area contributed by atoms with Crippen LogP contribution >= 0.6 is 0 Å². The van der Waals surface area contributed by atoms with Crippen molar-refractivity contribution in [3.63, 3.8) is 0 Å². The van der Waals surface area contributed by atoms with Gasteiger partial charge in [0.15, 0.2) is 18.7 Å². The van der Waals surface area contributed by atoms with Crippen LogP contribution in [0, 0.1) is 0 Å². The standard InChI is InChI=1S/C52H82O15/c1-3-5-7-9-11-13-15-17-18-19-20-21-23-24-26-28-30-32-34-43(54)62-37-40(65-44(55)35-33-31-29-27-25-22-16-14-12-10-8-6-4-2)38-63-51-50(61)48(59)46(57)42(67-51)39-64-52-49(60)47(58)45(56)41(36-53)66-52/h6-21,40-42,45-53,56-61H,3-5,22-39H2,1-2H3/b8-6+,9-7+,12-10+,13-11+,16-14+,17-15+,19-18+,21-20+/t40?,41-,42-,45+,46+,47?,48?,49?,50?,51-,52-/m1/s1. The predicted octanol–water partition coefficient (Wildman–Crippen LogP) is 6.20. The van der Waals surface area contributed by atoms with E-state index in [9.17, 15) is 45.3 Å². The van der Waals surface area contributed by atoms with Crippen molar-refractivity contribution in [2.45, 2.75) is 191 Å². The minimum absolute atomic E-state index is 0.129. The molecule has 0 radical (unpaired) electrons. The van der Waals surface area contributed by atoms with Crippen molar-refractivity contribution in [1.29, 1.82) is 0 Å². The van der Waals surface area contributed by atoms with Crippen LogP contribution in [0.5, 0.6) is 0 Å². The van der Waals surface area contributed by atoms with Crippen LogP contribution < -0.4 is 0 Å². The third-order valence-corrected chi connectivity index (χ3v) is 11.0. The van der Waals surface area contributed by atoms with Gasteiger partial charge in [0.2, 0.25) is 0 Å². The Labute approximate surface area is 398 Å². The Morgan fingerprint density at radius 1 is 0.493 bits per heavy atom. The van der Waals surface area contributed by atoms with Crippen LogP contribution in [0.25, 0.3) is 0 Å². The quantitative estimate of drug-likeness (QED) is 0.0213. The van der Waals surface area contributed by atoms with Crippen molar-refractivity contribution in [3.05, 3.63) is 97.2 Å².